The molecule has 28 heavy (non-hydrogen) atoms. The Morgan fingerprint density at radius 3 is 2.50 bits per heavy atom. The first-order valence-electron chi connectivity index (χ1n) is 9.69. The van der Waals surface area contributed by atoms with Gasteiger partial charge in [-0.05, 0) is 50.1 Å². The predicted octanol–water partition coefficient (Wildman–Crippen LogP) is 0.879. The molecule has 4 N–H and O–H groups in total. The summed E-state index contributed by atoms with van der Waals surface area (Å²) in [6.45, 7) is 3.00. The van der Waals surface area contributed by atoms with E-state index in [9.17, 15) is 14.0 Å². The molecule has 3 heterocycles. The van der Waals surface area contributed by atoms with Gasteiger partial charge in [-0.2, -0.15) is 0 Å². The van der Waals surface area contributed by atoms with Crippen LogP contribution in [0.3, 0.4) is 0 Å². The standard InChI is InChI=1S/C19H26FN5O2.ClH/c20-13-1-3-14(4-2-13)22-18(26)12-6-9-25(10-7-12)19(27)17-15-11-21-8-5-16(15)23-24-17;/h1-4,12,15-17,21,23-24H,5-11H2,(H,22,26);1H. The summed E-state index contributed by atoms with van der Waals surface area (Å²) < 4.78 is 13.0. The number of rotatable bonds is 3. The zero-order chi connectivity index (χ0) is 18.8. The van der Waals surface area contributed by atoms with Crippen molar-refractivity contribution in [2.45, 2.75) is 31.3 Å². The molecule has 0 radical (unpaired) electrons. The number of nitrogens with one attached hydrogen (secondary N) is 4. The first kappa shape index (κ1) is 21.0. The van der Waals surface area contributed by atoms with Gasteiger partial charge < -0.3 is 15.5 Å². The highest BCUT2D eigenvalue weighted by molar-refractivity contribution is 5.92. The third-order valence-electron chi connectivity index (χ3n) is 5.94. The van der Waals surface area contributed by atoms with E-state index in [1.54, 1.807) is 12.1 Å². The molecule has 1 aromatic rings. The van der Waals surface area contributed by atoms with Gasteiger partial charge in [0, 0.05) is 43.2 Å². The second kappa shape index (κ2) is 9.17. The van der Waals surface area contributed by atoms with Crippen molar-refractivity contribution in [1.82, 2.24) is 21.1 Å². The zero-order valence-corrected chi connectivity index (χ0v) is 16.4. The Balaban J connectivity index is 0.00000225. The number of hydrazine groups is 1. The Bertz CT molecular complexity index is 696. The van der Waals surface area contributed by atoms with Crippen molar-refractivity contribution in [3.05, 3.63) is 30.1 Å². The normalized spacial score (nSPS) is 27.6. The van der Waals surface area contributed by atoms with Crippen molar-refractivity contribution in [1.29, 1.82) is 0 Å². The van der Waals surface area contributed by atoms with Gasteiger partial charge in [0.1, 0.15) is 11.9 Å². The highest BCUT2D eigenvalue weighted by Gasteiger charge is 2.43. The maximum Gasteiger partial charge on any atom is 0.241 e. The van der Waals surface area contributed by atoms with Gasteiger partial charge in [-0.3, -0.25) is 15.0 Å². The highest BCUT2D eigenvalue weighted by atomic mass is 35.5. The maximum atomic E-state index is 13.0. The van der Waals surface area contributed by atoms with Gasteiger partial charge in [0.25, 0.3) is 0 Å². The van der Waals surface area contributed by atoms with Crippen molar-refractivity contribution in [3.8, 4) is 0 Å². The Hall–Kier alpha value is -1.74. The summed E-state index contributed by atoms with van der Waals surface area (Å²) in [6, 6.07) is 5.91. The molecule has 154 valence electrons. The second-order valence-corrected chi connectivity index (χ2v) is 7.63. The van der Waals surface area contributed by atoms with Crippen LogP contribution in [0, 0.1) is 17.7 Å². The molecular formula is C19H27ClFN5O2. The van der Waals surface area contributed by atoms with E-state index in [0.29, 0.717) is 37.7 Å². The number of benzene rings is 1. The summed E-state index contributed by atoms with van der Waals surface area (Å²) in [5.41, 5.74) is 7.03. The molecule has 0 spiro atoms. The van der Waals surface area contributed by atoms with Crippen LogP contribution in [0.25, 0.3) is 0 Å². The molecule has 0 saturated carbocycles. The number of carbonyl (C=O) groups excluding carboxylic acids is 2. The molecule has 1 aromatic carbocycles. The average Bonchev–Trinajstić information content (AvgIpc) is 3.13. The fourth-order valence-electron chi connectivity index (χ4n) is 4.30. The van der Waals surface area contributed by atoms with Crippen LogP contribution in [0.1, 0.15) is 19.3 Å². The van der Waals surface area contributed by atoms with E-state index < -0.39 is 0 Å². The van der Waals surface area contributed by atoms with Crippen LogP contribution >= 0.6 is 12.4 Å². The monoisotopic (exact) mass is 411 g/mol. The lowest BCUT2D eigenvalue weighted by Gasteiger charge is -2.35. The number of nitrogens with zero attached hydrogens (tertiary/aromatic N) is 1. The predicted molar refractivity (Wildman–Crippen MR) is 106 cm³/mol. The minimum Gasteiger partial charge on any atom is -0.341 e. The molecule has 3 aliphatic heterocycles. The number of fused-ring (bicyclic) bond motifs is 1. The molecule has 0 aromatic heterocycles. The number of hydrogen-bond donors (Lipinski definition) is 4. The fraction of sp³-hybridized carbons (Fsp3) is 0.579. The molecule has 4 rings (SSSR count). The Labute approximate surface area is 170 Å². The number of hydrogen-bond acceptors (Lipinski definition) is 5. The second-order valence-electron chi connectivity index (χ2n) is 7.63. The van der Waals surface area contributed by atoms with Gasteiger partial charge in [-0.25, -0.2) is 9.82 Å². The summed E-state index contributed by atoms with van der Waals surface area (Å²) >= 11 is 0. The molecule has 3 fully saturated rings. The van der Waals surface area contributed by atoms with Crippen LogP contribution in [0.5, 0.6) is 0 Å². The molecule has 0 aliphatic carbocycles. The van der Waals surface area contributed by atoms with Crippen LogP contribution in [0.2, 0.25) is 0 Å². The summed E-state index contributed by atoms with van der Waals surface area (Å²) in [5, 5.41) is 6.20. The largest absolute Gasteiger partial charge is 0.341 e. The van der Waals surface area contributed by atoms with Crippen LogP contribution in [-0.4, -0.2) is 55.0 Å². The molecule has 3 aliphatic rings. The first-order chi connectivity index (χ1) is 13.1. The molecule has 2 amide bonds. The lowest BCUT2D eigenvalue weighted by Crippen LogP contribution is -2.52. The molecule has 0 bridgehead atoms. The van der Waals surface area contributed by atoms with E-state index in [-0.39, 0.29) is 47.9 Å². The van der Waals surface area contributed by atoms with E-state index in [1.807, 2.05) is 4.90 Å². The summed E-state index contributed by atoms with van der Waals surface area (Å²) in [4.78, 5) is 27.2. The molecular weight excluding hydrogens is 385 g/mol. The van der Waals surface area contributed by atoms with E-state index in [1.165, 1.54) is 12.1 Å². The van der Waals surface area contributed by atoms with Gasteiger partial charge in [-0.15, -0.1) is 12.4 Å². The Morgan fingerprint density at radius 2 is 1.79 bits per heavy atom. The minimum absolute atomic E-state index is 0. The van der Waals surface area contributed by atoms with Gasteiger partial charge in [0.2, 0.25) is 11.8 Å². The number of halogens is 2. The fourth-order valence-corrected chi connectivity index (χ4v) is 4.30. The van der Waals surface area contributed by atoms with Crippen molar-refractivity contribution >= 4 is 29.9 Å². The minimum atomic E-state index is -0.328. The molecule has 7 nitrogen and oxygen atoms in total. The third-order valence-corrected chi connectivity index (χ3v) is 5.94. The average molecular weight is 412 g/mol. The molecule has 3 saturated heterocycles. The van der Waals surface area contributed by atoms with Crippen LogP contribution in [0.4, 0.5) is 10.1 Å². The van der Waals surface area contributed by atoms with Crippen LogP contribution in [0.15, 0.2) is 24.3 Å². The van der Waals surface area contributed by atoms with Crippen molar-refractivity contribution in [2.24, 2.45) is 11.8 Å². The number of anilines is 1. The van der Waals surface area contributed by atoms with Crippen molar-refractivity contribution < 1.29 is 14.0 Å². The number of piperidine rings is 2. The van der Waals surface area contributed by atoms with Crippen LogP contribution in [-0.2, 0) is 9.59 Å². The molecule has 3 unspecified atom stereocenters. The lowest BCUT2D eigenvalue weighted by atomic mass is 9.88. The number of amides is 2. The smallest absolute Gasteiger partial charge is 0.241 e. The SMILES string of the molecule is Cl.O=C(Nc1ccc(F)cc1)C1CCN(C(=O)C2NNC3CCNCC32)CC1. The first-order valence-corrected chi connectivity index (χ1v) is 9.69. The van der Waals surface area contributed by atoms with Crippen molar-refractivity contribution in [2.75, 3.05) is 31.5 Å². The summed E-state index contributed by atoms with van der Waals surface area (Å²) in [6.07, 6.45) is 2.31. The molecule has 3 atom stereocenters. The number of likely N-dealkylation sites (tertiary alicyclic amines) is 1. The summed E-state index contributed by atoms with van der Waals surface area (Å²) in [5.74, 6) is -0.129. The van der Waals surface area contributed by atoms with E-state index in [4.69, 9.17) is 0 Å². The quantitative estimate of drug-likeness (QED) is 0.593. The number of carbonyl (C=O) groups is 2. The van der Waals surface area contributed by atoms with Gasteiger partial charge in [-0.1, -0.05) is 0 Å². The third kappa shape index (κ3) is 4.46. The van der Waals surface area contributed by atoms with Gasteiger partial charge >= 0.3 is 0 Å². The highest BCUT2D eigenvalue weighted by Crippen LogP contribution is 2.25. The van der Waals surface area contributed by atoms with E-state index >= 15 is 0 Å². The van der Waals surface area contributed by atoms with Gasteiger partial charge in [0.05, 0.1) is 0 Å². The Morgan fingerprint density at radius 1 is 1.07 bits per heavy atom. The topological polar surface area (TPSA) is 85.5 Å². The Kier molecular flexibility index (Phi) is 6.87. The maximum absolute atomic E-state index is 13.0. The van der Waals surface area contributed by atoms with E-state index in [0.717, 1.165) is 19.5 Å². The van der Waals surface area contributed by atoms with Crippen LogP contribution < -0.4 is 21.5 Å². The van der Waals surface area contributed by atoms with Gasteiger partial charge in [0.15, 0.2) is 0 Å². The zero-order valence-electron chi connectivity index (χ0n) is 15.6. The van der Waals surface area contributed by atoms with Crippen molar-refractivity contribution in [3.63, 3.8) is 0 Å². The lowest BCUT2D eigenvalue weighted by molar-refractivity contribution is -0.137. The summed E-state index contributed by atoms with van der Waals surface area (Å²) in [7, 11) is 0. The van der Waals surface area contributed by atoms with E-state index in [2.05, 4.69) is 21.5 Å². The molecule has 9 heteroatoms.